The molecule has 1 atom stereocenters. The van der Waals surface area contributed by atoms with Crippen molar-refractivity contribution in [2.75, 3.05) is 14.1 Å². The fourth-order valence-corrected chi connectivity index (χ4v) is 4.55. The number of carbonyl (C=O) groups excluding carboxylic acids is 1. The first kappa shape index (κ1) is 26.9. The number of carbonyl (C=O) groups is 1. The molecular formula is C30H28F3N3O2. The molecule has 196 valence electrons. The first-order chi connectivity index (χ1) is 18.1. The summed E-state index contributed by atoms with van der Waals surface area (Å²) in [7, 11) is 3.14. The lowest BCUT2D eigenvalue weighted by Gasteiger charge is -2.33. The minimum atomic E-state index is -5.05. The van der Waals surface area contributed by atoms with Crippen LogP contribution in [0.25, 0.3) is 27.4 Å². The Labute approximate surface area is 218 Å². The van der Waals surface area contributed by atoms with Gasteiger partial charge < -0.3 is 10.0 Å². The molecule has 0 saturated heterocycles. The predicted octanol–water partition coefficient (Wildman–Crippen LogP) is 6.70. The number of rotatable bonds is 4. The van der Waals surface area contributed by atoms with Crippen LogP contribution in [0, 0.1) is 0 Å². The Kier molecular flexibility index (Phi) is 7.29. The van der Waals surface area contributed by atoms with Gasteiger partial charge in [-0.2, -0.15) is 18.3 Å². The van der Waals surface area contributed by atoms with E-state index in [4.69, 9.17) is 0 Å². The zero-order valence-electron chi connectivity index (χ0n) is 21.5. The van der Waals surface area contributed by atoms with Gasteiger partial charge in [-0.1, -0.05) is 68.4 Å². The highest BCUT2D eigenvalue weighted by atomic mass is 19.4. The van der Waals surface area contributed by atoms with Crippen LogP contribution in [0.5, 0.6) is 0 Å². The van der Waals surface area contributed by atoms with Gasteiger partial charge in [0.05, 0.1) is 17.4 Å². The van der Waals surface area contributed by atoms with Gasteiger partial charge in [0, 0.05) is 30.6 Å². The summed E-state index contributed by atoms with van der Waals surface area (Å²) in [6.45, 7) is 4.00. The third kappa shape index (κ3) is 4.41. The molecule has 5 nitrogen and oxygen atoms in total. The molecule has 0 aliphatic carbocycles. The Morgan fingerprint density at radius 2 is 1.50 bits per heavy atom. The number of para-hydroxylation sites is 1. The molecular weight excluding hydrogens is 491 g/mol. The second-order valence-corrected chi connectivity index (χ2v) is 8.78. The molecule has 0 saturated carbocycles. The van der Waals surface area contributed by atoms with Gasteiger partial charge in [-0.15, -0.1) is 0 Å². The van der Waals surface area contributed by atoms with Crippen LogP contribution in [0.1, 0.15) is 35.3 Å². The molecule has 8 heteroatoms. The SMILES string of the molecule is CC.CN(C)C(=O)c1ccc(C(O)(c2ccc3c(cnn3-c3ccccc3)c2)C(F)(F)F)c2ccccc12. The van der Waals surface area contributed by atoms with Crippen molar-refractivity contribution in [3.8, 4) is 5.69 Å². The smallest absolute Gasteiger partial charge is 0.372 e. The summed E-state index contributed by atoms with van der Waals surface area (Å²) >= 11 is 0. The van der Waals surface area contributed by atoms with Crippen molar-refractivity contribution in [2.24, 2.45) is 0 Å². The molecule has 1 N–H and O–H groups in total. The summed E-state index contributed by atoms with van der Waals surface area (Å²) in [5.41, 5.74) is -2.40. The number of aliphatic hydroxyl groups is 1. The Morgan fingerprint density at radius 3 is 2.13 bits per heavy atom. The molecule has 0 aliphatic rings. The fraction of sp³-hybridized carbons (Fsp3) is 0.200. The largest absolute Gasteiger partial charge is 0.425 e. The molecule has 0 spiro atoms. The minimum absolute atomic E-state index is 0.144. The number of hydrogen-bond donors (Lipinski definition) is 1. The first-order valence-corrected chi connectivity index (χ1v) is 12.2. The van der Waals surface area contributed by atoms with E-state index >= 15 is 0 Å². The Bertz CT molecular complexity index is 1590. The highest BCUT2D eigenvalue weighted by molar-refractivity contribution is 6.08. The van der Waals surface area contributed by atoms with Gasteiger partial charge in [-0.3, -0.25) is 4.79 Å². The Balaban J connectivity index is 0.00000164. The van der Waals surface area contributed by atoms with Crippen molar-refractivity contribution in [1.82, 2.24) is 14.7 Å². The maximum atomic E-state index is 14.7. The van der Waals surface area contributed by atoms with Gasteiger partial charge in [0.1, 0.15) is 0 Å². The summed E-state index contributed by atoms with van der Waals surface area (Å²) in [6, 6.07) is 22.1. The minimum Gasteiger partial charge on any atom is -0.372 e. The van der Waals surface area contributed by atoms with Crippen LogP contribution in [0.3, 0.4) is 0 Å². The summed E-state index contributed by atoms with van der Waals surface area (Å²) in [6.07, 6.45) is -3.58. The Hall–Kier alpha value is -4.17. The maximum absolute atomic E-state index is 14.7. The van der Waals surface area contributed by atoms with Crippen LogP contribution in [0.4, 0.5) is 13.2 Å². The van der Waals surface area contributed by atoms with Crippen LogP contribution < -0.4 is 0 Å². The summed E-state index contributed by atoms with van der Waals surface area (Å²) < 4.78 is 45.8. The zero-order valence-corrected chi connectivity index (χ0v) is 21.5. The quantitative estimate of drug-likeness (QED) is 0.287. The van der Waals surface area contributed by atoms with Gasteiger partial charge >= 0.3 is 6.18 Å². The van der Waals surface area contributed by atoms with Crippen molar-refractivity contribution in [3.63, 3.8) is 0 Å². The summed E-state index contributed by atoms with van der Waals surface area (Å²) in [4.78, 5) is 14.0. The van der Waals surface area contributed by atoms with Crippen LogP contribution in [0.15, 0.2) is 91.1 Å². The number of benzene rings is 4. The van der Waals surface area contributed by atoms with Gasteiger partial charge in [0.15, 0.2) is 0 Å². The van der Waals surface area contributed by atoms with Crippen molar-refractivity contribution < 1.29 is 23.1 Å². The highest BCUT2D eigenvalue weighted by Gasteiger charge is 2.57. The molecule has 0 fully saturated rings. The highest BCUT2D eigenvalue weighted by Crippen LogP contribution is 2.47. The zero-order chi connectivity index (χ0) is 27.7. The molecule has 38 heavy (non-hydrogen) atoms. The molecule has 5 aromatic rings. The van der Waals surface area contributed by atoms with E-state index in [-0.39, 0.29) is 28.0 Å². The average molecular weight is 520 g/mol. The van der Waals surface area contributed by atoms with Gasteiger partial charge in [-0.25, -0.2) is 4.68 Å². The molecule has 1 heterocycles. The molecule has 1 aromatic heterocycles. The fourth-order valence-electron chi connectivity index (χ4n) is 4.55. The van der Waals surface area contributed by atoms with Crippen LogP contribution in [-0.2, 0) is 5.60 Å². The van der Waals surface area contributed by atoms with Crippen LogP contribution >= 0.6 is 0 Å². The first-order valence-electron chi connectivity index (χ1n) is 12.2. The van der Waals surface area contributed by atoms with Crippen molar-refractivity contribution in [3.05, 3.63) is 108 Å². The lowest BCUT2D eigenvalue weighted by atomic mass is 9.81. The molecule has 0 bridgehead atoms. The predicted molar refractivity (Wildman–Crippen MR) is 143 cm³/mol. The van der Waals surface area contributed by atoms with E-state index < -0.39 is 11.8 Å². The number of halogens is 3. The van der Waals surface area contributed by atoms with E-state index in [1.165, 1.54) is 47.5 Å². The van der Waals surface area contributed by atoms with Crippen molar-refractivity contribution >= 4 is 27.6 Å². The second-order valence-electron chi connectivity index (χ2n) is 8.78. The van der Waals surface area contributed by atoms with E-state index in [1.54, 1.807) is 37.0 Å². The normalized spacial score (nSPS) is 13.1. The number of aromatic nitrogens is 2. The second kappa shape index (κ2) is 10.3. The van der Waals surface area contributed by atoms with Gasteiger partial charge in [0.2, 0.25) is 5.60 Å². The molecule has 5 rings (SSSR count). The number of fused-ring (bicyclic) bond motifs is 2. The lowest BCUT2D eigenvalue weighted by molar-refractivity contribution is -0.247. The number of amides is 1. The van der Waals surface area contributed by atoms with Crippen molar-refractivity contribution in [2.45, 2.75) is 25.6 Å². The van der Waals surface area contributed by atoms with E-state index in [9.17, 15) is 23.1 Å². The molecule has 4 aromatic carbocycles. The third-order valence-electron chi connectivity index (χ3n) is 6.35. The Morgan fingerprint density at radius 1 is 0.868 bits per heavy atom. The van der Waals surface area contributed by atoms with E-state index in [2.05, 4.69) is 5.10 Å². The monoisotopic (exact) mass is 519 g/mol. The van der Waals surface area contributed by atoms with E-state index in [0.29, 0.717) is 16.3 Å². The lowest BCUT2D eigenvalue weighted by Crippen LogP contribution is -2.43. The standard InChI is InChI=1S/C28H22F3N3O2.C2H6/c1-33(2)26(35)23-13-14-24(22-11-7-6-10-21(22)23)27(36,28(29,30)31)19-12-15-25-18(16-19)17-32-34(25)20-8-4-3-5-9-20;1-2/h3-17,36H,1-2H3;1-2H3. The maximum Gasteiger partial charge on any atom is 0.425 e. The number of nitrogens with zero attached hydrogens (tertiary/aromatic N) is 3. The van der Waals surface area contributed by atoms with E-state index in [1.807, 2.05) is 44.2 Å². The van der Waals surface area contributed by atoms with Gasteiger partial charge in [0.25, 0.3) is 5.91 Å². The van der Waals surface area contributed by atoms with Crippen LogP contribution in [0.2, 0.25) is 0 Å². The van der Waals surface area contributed by atoms with Crippen LogP contribution in [-0.4, -0.2) is 46.0 Å². The molecule has 0 radical (unpaired) electrons. The average Bonchev–Trinajstić information content (AvgIpc) is 3.36. The van der Waals surface area contributed by atoms with Crippen molar-refractivity contribution in [1.29, 1.82) is 0 Å². The molecule has 1 unspecified atom stereocenters. The molecule has 1 amide bonds. The summed E-state index contributed by atoms with van der Waals surface area (Å²) in [5.74, 6) is -0.344. The summed E-state index contributed by atoms with van der Waals surface area (Å²) in [5, 5.41) is 16.7. The van der Waals surface area contributed by atoms with Gasteiger partial charge in [-0.05, 0) is 46.7 Å². The number of alkyl halides is 3. The number of hydrogen-bond acceptors (Lipinski definition) is 3. The topological polar surface area (TPSA) is 58.4 Å². The third-order valence-corrected chi connectivity index (χ3v) is 6.35. The van der Waals surface area contributed by atoms with E-state index in [0.717, 1.165) is 5.69 Å². The molecule has 0 aliphatic heterocycles.